The minimum absolute atomic E-state index is 0.0769. The Morgan fingerprint density at radius 2 is 1.60 bits per heavy atom. The van der Waals surface area contributed by atoms with Crippen molar-refractivity contribution in [1.29, 1.82) is 0 Å². The van der Waals surface area contributed by atoms with Crippen LogP contribution < -0.4 is 30.3 Å². The maximum absolute atomic E-state index is 14.6. The summed E-state index contributed by atoms with van der Waals surface area (Å²) in [6, 6.07) is 9.95. The highest BCUT2D eigenvalue weighted by molar-refractivity contribution is 7.46. The molecule has 0 radical (unpaired) electrons. The lowest BCUT2D eigenvalue weighted by molar-refractivity contribution is -0.204. The number of fused-ring (bicyclic) bond motifs is 6. The quantitative estimate of drug-likeness (QED) is 0.0347. The first-order chi connectivity index (χ1) is 32.3. The second kappa shape index (κ2) is 17.8. The van der Waals surface area contributed by atoms with E-state index in [9.17, 15) is 47.9 Å². The van der Waals surface area contributed by atoms with E-state index in [0.717, 1.165) is 32.4 Å². The van der Waals surface area contributed by atoms with Gasteiger partial charge in [0.25, 0.3) is 11.8 Å². The Hall–Kier alpha value is -6.07. The lowest BCUT2D eigenvalue weighted by Crippen LogP contribution is -2.72. The summed E-state index contributed by atoms with van der Waals surface area (Å²) in [6.07, 6.45) is 7.58. The van der Waals surface area contributed by atoms with Crippen molar-refractivity contribution in [3.05, 3.63) is 71.4 Å². The largest absolute Gasteiger partial charge is 0.524 e. The van der Waals surface area contributed by atoms with Crippen LogP contribution in [0.2, 0.25) is 0 Å². The predicted octanol–water partition coefficient (Wildman–Crippen LogP) is 5.21. The number of anilines is 3. The van der Waals surface area contributed by atoms with Gasteiger partial charge in [-0.25, -0.2) is 4.57 Å². The van der Waals surface area contributed by atoms with Gasteiger partial charge in [0, 0.05) is 78.7 Å². The van der Waals surface area contributed by atoms with Crippen molar-refractivity contribution in [3.63, 3.8) is 0 Å². The minimum Gasteiger partial charge on any atom is -0.402 e. The van der Waals surface area contributed by atoms with Crippen molar-refractivity contribution in [2.75, 3.05) is 47.2 Å². The van der Waals surface area contributed by atoms with E-state index < -0.39 is 36.5 Å². The van der Waals surface area contributed by atoms with Gasteiger partial charge in [0.05, 0.1) is 34.3 Å². The number of aryl methyl sites for hydroxylation is 1. The van der Waals surface area contributed by atoms with Crippen molar-refractivity contribution in [1.82, 2.24) is 20.5 Å². The fraction of sp³-hybridized carbons (Fsp3) is 0.438. The van der Waals surface area contributed by atoms with Crippen LogP contribution in [0.15, 0.2) is 54.7 Å². The number of amides is 7. The molecule has 3 aromatic carbocycles. The van der Waals surface area contributed by atoms with Gasteiger partial charge < -0.3 is 35.3 Å². The van der Waals surface area contributed by atoms with E-state index in [0.29, 0.717) is 79.5 Å². The molecule has 3 aliphatic carbocycles. The van der Waals surface area contributed by atoms with Crippen LogP contribution in [0.4, 0.5) is 17.1 Å². The molecule has 3 saturated carbocycles. The van der Waals surface area contributed by atoms with Crippen LogP contribution >= 0.6 is 19.4 Å². The number of hydrogen-bond acceptors (Lipinski definition) is 9. The molecule has 0 saturated heterocycles. The molecule has 0 spiro atoms. The predicted molar refractivity (Wildman–Crippen MR) is 253 cm³/mol. The molecule has 2 unspecified atom stereocenters. The van der Waals surface area contributed by atoms with Gasteiger partial charge in [-0.15, -0.1) is 11.6 Å². The summed E-state index contributed by atoms with van der Waals surface area (Å²) in [7, 11) is -4.95. The van der Waals surface area contributed by atoms with E-state index in [2.05, 4.69) is 20.9 Å². The summed E-state index contributed by atoms with van der Waals surface area (Å²) in [4.78, 5) is 119. The summed E-state index contributed by atoms with van der Waals surface area (Å²) in [5.41, 5.74) is 3.05. The van der Waals surface area contributed by atoms with Crippen LogP contribution in [0.5, 0.6) is 5.75 Å². The number of benzene rings is 3. The van der Waals surface area contributed by atoms with E-state index in [4.69, 9.17) is 16.1 Å². The van der Waals surface area contributed by atoms with Gasteiger partial charge in [0.2, 0.25) is 29.5 Å². The Kier molecular flexibility index (Phi) is 12.3. The van der Waals surface area contributed by atoms with Crippen molar-refractivity contribution >= 4 is 99.5 Å². The summed E-state index contributed by atoms with van der Waals surface area (Å²) in [5, 5.41) is 10.7. The zero-order valence-corrected chi connectivity index (χ0v) is 39.5. The third-order valence-corrected chi connectivity index (χ3v) is 15.0. The van der Waals surface area contributed by atoms with E-state index in [1.54, 1.807) is 35.9 Å². The number of hydrogen-bond donors (Lipinski definition) is 6. The fourth-order valence-electron chi connectivity index (χ4n) is 11.1. The number of imide groups is 1. The molecule has 18 nitrogen and oxygen atoms in total. The highest BCUT2D eigenvalue weighted by Crippen LogP contribution is 2.75. The van der Waals surface area contributed by atoms with Crippen LogP contribution in [-0.2, 0) is 44.5 Å². The van der Waals surface area contributed by atoms with Crippen LogP contribution in [0.3, 0.4) is 0 Å². The second-order valence-electron chi connectivity index (χ2n) is 19.2. The molecule has 6 N–H and O–H groups in total. The number of halogens is 1. The fourth-order valence-corrected chi connectivity index (χ4v) is 11.7. The normalized spacial score (nSPS) is 21.8. The average molecular weight is 970 g/mol. The van der Waals surface area contributed by atoms with Gasteiger partial charge >= 0.3 is 7.82 Å². The molecule has 3 fully saturated rings. The summed E-state index contributed by atoms with van der Waals surface area (Å²) in [6.45, 7) is 6.01. The SMILES string of the molecule is Cc1c[nH]c2c(OP(=O)(O)O)cc3c(c12)C(CCl)CN3C(=O)C12CC(C(=O)N3CCc4c3cc(NC(=O)CNC(=O)C(NC(=O)CCCCCN3C(=O)C=CC3=O)C(C)C)c3ccccc43)(C1)C2. The van der Waals surface area contributed by atoms with Crippen molar-refractivity contribution < 1.29 is 52.4 Å². The number of nitrogens with zero attached hydrogens (tertiary/aromatic N) is 3. The Morgan fingerprint density at radius 3 is 2.26 bits per heavy atom. The van der Waals surface area contributed by atoms with Gasteiger partial charge in [0.1, 0.15) is 6.04 Å². The molecular formula is C48H53ClN7O11P. The molecule has 7 amide bonds. The number of phosphoric acid groups is 1. The first-order valence-corrected chi connectivity index (χ1v) is 24.9. The third-order valence-electron chi connectivity index (χ3n) is 14.2. The summed E-state index contributed by atoms with van der Waals surface area (Å²) >= 11 is 6.48. The van der Waals surface area contributed by atoms with Gasteiger partial charge in [-0.2, -0.15) is 0 Å². The Bertz CT molecular complexity index is 2870. The van der Waals surface area contributed by atoms with Gasteiger partial charge in [-0.3, -0.25) is 48.2 Å². The molecule has 358 valence electrons. The molecule has 3 aliphatic heterocycles. The Morgan fingerprint density at radius 1 is 0.926 bits per heavy atom. The molecule has 20 heteroatoms. The maximum atomic E-state index is 14.6. The van der Waals surface area contributed by atoms with Crippen LogP contribution in [0, 0.1) is 23.7 Å². The molecule has 4 aromatic rings. The molecule has 1 aromatic heterocycles. The molecule has 4 heterocycles. The van der Waals surface area contributed by atoms with Gasteiger partial charge in [0.15, 0.2) is 5.75 Å². The number of nitrogens with one attached hydrogen (secondary N) is 4. The number of aromatic amines is 1. The van der Waals surface area contributed by atoms with E-state index >= 15 is 0 Å². The molecule has 10 rings (SSSR count). The minimum atomic E-state index is -4.95. The third kappa shape index (κ3) is 8.34. The lowest BCUT2D eigenvalue weighted by atomic mass is 9.34. The Labute approximate surface area is 396 Å². The highest BCUT2D eigenvalue weighted by Gasteiger charge is 2.76. The van der Waals surface area contributed by atoms with Crippen LogP contribution in [-0.4, -0.2) is 99.1 Å². The van der Waals surface area contributed by atoms with E-state index in [1.807, 2.05) is 31.2 Å². The monoisotopic (exact) mass is 969 g/mol. The van der Waals surface area contributed by atoms with Gasteiger partial charge in [-0.1, -0.05) is 44.5 Å². The van der Waals surface area contributed by atoms with E-state index in [-0.39, 0.29) is 79.1 Å². The summed E-state index contributed by atoms with van der Waals surface area (Å²) in [5.74, 6) is -2.71. The van der Waals surface area contributed by atoms with Crippen molar-refractivity contribution in [2.45, 2.75) is 84.1 Å². The first-order valence-electron chi connectivity index (χ1n) is 22.9. The number of alkyl halides is 1. The van der Waals surface area contributed by atoms with Gasteiger partial charge in [-0.05, 0) is 79.5 Å². The number of carbonyl (C=O) groups excluding carboxylic acids is 7. The average Bonchev–Trinajstić information content (AvgIpc) is 4.04. The molecular weight excluding hydrogens is 917 g/mol. The Balaban J connectivity index is 0.835. The number of unbranched alkanes of at least 4 members (excludes halogenated alkanes) is 2. The van der Waals surface area contributed by atoms with Crippen LogP contribution in [0.1, 0.15) is 81.4 Å². The molecule has 2 atom stereocenters. The van der Waals surface area contributed by atoms with Crippen molar-refractivity contribution in [2.24, 2.45) is 16.7 Å². The topological polar surface area (TPSA) is 248 Å². The maximum Gasteiger partial charge on any atom is 0.524 e. The van der Waals surface area contributed by atoms with Crippen molar-refractivity contribution in [3.8, 4) is 5.75 Å². The molecule has 6 aliphatic rings. The van der Waals surface area contributed by atoms with Crippen LogP contribution in [0.25, 0.3) is 21.7 Å². The molecule has 68 heavy (non-hydrogen) atoms. The number of rotatable bonds is 17. The number of H-pyrrole nitrogens is 1. The highest BCUT2D eigenvalue weighted by atomic mass is 35.5. The molecule has 2 bridgehead atoms. The standard InChI is InChI=1S/C48H53ClN7O11P/c1-26(2)42(53-36(57)11-5-4-8-15-55-38(59)12-13-39(55)60)44(61)51-21-37(58)52-32-17-33-31(29-9-6-7-10-30(29)32)14-16-54(33)45(62)47-23-48(24-47,25-47)46(63)56-22-28(19-49)41-34(56)18-35(67-68(64,65)66)43-40(41)27(3)20-50-43/h6-7,9-10,12-13,17-18,20,26,28,42,50H,4-5,8,11,14-16,19,21-25H2,1-3H3,(H,51,61)(H,52,58)(H,53,57)(H2,64,65,66). The first kappa shape index (κ1) is 47.0. The zero-order valence-electron chi connectivity index (χ0n) is 37.9. The number of aromatic nitrogens is 1. The second-order valence-corrected chi connectivity index (χ2v) is 20.6. The van der Waals surface area contributed by atoms with E-state index in [1.165, 1.54) is 18.2 Å². The number of phosphoric ester groups is 1. The zero-order chi connectivity index (χ0) is 48.4. The summed E-state index contributed by atoms with van der Waals surface area (Å²) < 4.78 is 17.1. The smallest absolute Gasteiger partial charge is 0.402 e. The lowest BCUT2D eigenvalue weighted by Gasteiger charge is -2.69. The number of carbonyl (C=O) groups is 7.